The van der Waals surface area contributed by atoms with Gasteiger partial charge in [-0.3, -0.25) is 4.79 Å². The van der Waals surface area contributed by atoms with Crippen LogP contribution in [0.25, 0.3) is 11.3 Å². The number of primary sulfonamides is 1. The van der Waals surface area contributed by atoms with E-state index in [9.17, 15) is 30.6 Å². The quantitative estimate of drug-likeness (QED) is 0.167. The SMILES string of the molecule is CC(C)C(C(=O)NCc1ccc(C[N+](C)(C)CCF)o1)n1cc(-c2ccc(S(N)(=O)=O)cc2)nn1.Cc1ccc(S(=O)(=O)[O-])cc1. The van der Waals surface area contributed by atoms with Crippen LogP contribution in [-0.4, -0.2) is 74.1 Å². The minimum atomic E-state index is -4.27. The molecule has 0 spiro atoms. The van der Waals surface area contributed by atoms with Crippen molar-refractivity contribution in [3.8, 4) is 11.3 Å². The van der Waals surface area contributed by atoms with Crippen LogP contribution in [0.5, 0.6) is 0 Å². The van der Waals surface area contributed by atoms with Gasteiger partial charge in [-0.05, 0) is 49.2 Å². The number of hydrogen-bond donors (Lipinski definition) is 2. The molecule has 0 fully saturated rings. The van der Waals surface area contributed by atoms with Gasteiger partial charge < -0.3 is 18.8 Å². The molecule has 0 radical (unpaired) electrons. The third-order valence-corrected chi connectivity index (χ3v) is 8.69. The van der Waals surface area contributed by atoms with Gasteiger partial charge in [0.1, 0.15) is 47.4 Å². The Kier molecular flexibility index (Phi) is 12.0. The highest BCUT2D eigenvalue weighted by Gasteiger charge is 2.26. The van der Waals surface area contributed by atoms with Crippen LogP contribution >= 0.6 is 0 Å². The highest BCUT2D eigenvalue weighted by molar-refractivity contribution is 7.89. The molecule has 4 rings (SSSR count). The second kappa shape index (κ2) is 15.1. The lowest BCUT2D eigenvalue weighted by Gasteiger charge is -2.27. The van der Waals surface area contributed by atoms with Crippen molar-refractivity contribution in [3.05, 3.63) is 83.9 Å². The van der Waals surface area contributed by atoms with Gasteiger partial charge in [-0.1, -0.05) is 48.9 Å². The van der Waals surface area contributed by atoms with E-state index >= 15 is 0 Å². The fourth-order valence-electron chi connectivity index (χ4n) is 4.40. The van der Waals surface area contributed by atoms with Gasteiger partial charge in [0.25, 0.3) is 0 Å². The lowest BCUT2D eigenvalue weighted by atomic mass is 10.0. The normalized spacial score (nSPS) is 12.8. The first-order valence-corrected chi connectivity index (χ1v) is 17.2. The summed E-state index contributed by atoms with van der Waals surface area (Å²) in [4.78, 5) is 12.8. The number of halogens is 1. The minimum absolute atomic E-state index is 0.000850. The van der Waals surface area contributed by atoms with E-state index in [1.54, 1.807) is 36.5 Å². The number of nitrogens with two attached hydrogens (primary N) is 1. The number of quaternary nitrogens is 1. The van der Waals surface area contributed by atoms with E-state index in [4.69, 9.17) is 9.56 Å². The van der Waals surface area contributed by atoms with Crippen LogP contribution < -0.4 is 10.5 Å². The molecule has 1 atom stereocenters. The second-order valence-corrected chi connectivity index (χ2v) is 14.6. The fourth-order valence-corrected chi connectivity index (χ4v) is 5.39. The Labute approximate surface area is 268 Å². The van der Waals surface area contributed by atoms with Crippen molar-refractivity contribution in [2.24, 2.45) is 11.1 Å². The third kappa shape index (κ3) is 10.6. The van der Waals surface area contributed by atoms with Crippen LogP contribution in [-0.2, 0) is 38.0 Å². The van der Waals surface area contributed by atoms with Gasteiger partial charge in [0, 0.05) is 5.56 Å². The molecule has 4 aromatic rings. The number of hydrogen-bond acceptors (Lipinski definition) is 9. The summed E-state index contributed by atoms with van der Waals surface area (Å²) in [5.41, 5.74) is 2.07. The molecule has 13 nitrogen and oxygen atoms in total. The summed E-state index contributed by atoms with van der Waals surface area (Å²) < 4.78 is 74.6. The molecule has 46 heavy (non-hydrogen) atoms. The molecule has 1 unspecified atom stereocenters. The second-order valence-electron chi connectivity index (χ2n) is 11.7. The smallest absolute Gasteiger partial charge is 0.245 e. The summed E-state index contributed by atoms with van der Waals surface area (Å²) in [6.07, 6.45) is 1.64. The summed E-state index contributed by atoms with van der Waals surface area (Å²) in [6.45, 7) is 6.37. The molecular weight excluding hydrogens is 639 g/mol. The van der Waals surface area contributed by atoms with Gasteiger partial charge in [0.2, 0.25) is 15.9 Å². The molecule has 250 valence electrons. The maximum atomic E-state index is 13.0. The Morgan fingerprint density at radius 1 is 1.00 bits per heavy atom. The molecule has 16 heteroatoms. The predicted octanol–water partition coefficient (Wildman–Crippen LogP) is 3.14. The number of sulfonamides is 1. The highest BCUT2D eigenvalue weighted by atomic mass is 32.2. The molecule has 0 aliphatic carbocycles. The van der Waals surface area contributed by atoms with Crippen LogP contribution in [0.4, 0.5) is 4.39 Å². The number of carbonyl (C=O) groups is 1. The first kappa shape index (κ1) is 36.5. The Balaban J connectivity index is 0.000000441. The molecule has 3 N–H and O–H groups in total. The number of carbonyl (C=O) groups excluding carboxylic acids is 1. The fraction of sp³-hybridized carbons (Fsp3) is 0.367. The average molecular weight is 679 g/mol. The first-order chi connectivity index (χ1) is 21.4. The van der Waals surface area contributed by atoms with E-state index in [1.165, 1.54) is 28.9 Å². The van der Waals surface area contributed by atoms with Gasteiger partial charge in [-0.2, -0.15) is 0 Å². The van der Waals surface area contributed by atoms with Crippen LogP contribution in [0, 0.1) is 12.8 Å². The summed E-state index contributed by atoms with van der Waals surface area (Å²) in [5, 5.41) is 16.3. The monoisotopic (exact) mass is 678 g/mol. The summed E-state index contributed by atoms with van der Waals surface area (Å²) in [7, 11) is -4.20. The number of alkyl halides is 1. The minimum Gasteiger partial charge on any atom is -0.744 e. The molecule has 2 heterocycles. The number of aromatic nitrogens is 3. The first-order valence-electron chi connectivity index (χ1n) is 14.2. The topological polar surface area (TPSA) is 190 Å². The molecular formula is C30H39FN6O7S2. The van der Waals surface area contributed by atoms with E-state index in [1.807, 2.05) is 40.9 Å². The Bertz CT molecular complexity index is 1820. The molecule has 0 bridgehead atoms. The van der Waals surface area contributed by atoms with Gasteiger partial charge in [0.15, 0.2) is 5.76 Å². The van der Waals surface area contributed by atoms with Crippen molar-refractivity contribution in [1.29, 1.82) is 0 Å². The Morgan fingerprint density at radius 3 is 2.13 bits per heavy atom. The number of nitrogens with one attached hydrogen (secondary N) is 1. The largest absolute Gasteiger partial charge is 0.744 e. The zero-order chi connectivity index (χ0) is 34.3. The summed E-state index contributed by atoms with van der Waals surface area (Å²) in [6, 6.07) is 14.8. The molecule has 2 aromatic heterocycles. The van der Waals surface area contributed by atoms with Gasteiger partial charge in [-0.25, -0.2) is 31.0 Å². The molecule has 0 aliphatic rings. The van der Waals surface area contributed by atoms with Crippen molar-refractivity contribution < 1.29 is 39.5 Å². The van der Waals surface area contributed by atoms with Crippen LogP contribution in [0.1, 0.15) is 37.0 Å². The highest BCUT2D eigenvalue weighted by Crippen LogP contribution is 2.23. The summed E-state index contributed by atoms with van der Waals surface area (Å²) >= 11 is 0. The van der Waals surface area contributed by atoms with E-state index < -0.39 is 32.9 Å². The average Bonchev–Trinajstić information content (AvgIpc) is 3.61. The maximum absolute atomic E-state index is 13.0. The van der Waals surface area contributed by atoms with E-state index in [2.05, 4.69) is 15.6 Å². The van der Waals surface area contributed by atoms with Crippen LogP contribution in [0.15, 0.2) is 81.1 Å². The number of amides is 1. The molecule has 0 saturated carbocycles. The predicted molar refractivity (Wildman–Crippen MR) is 167 cm³/mol. The third-order valence-electron chi connectivity index (χ3n) is 6.91. The number of rotatable bonds is 12. The van der Waals surface area contributed by atoms with E-state index in [-0.39, 0.29) is 28.2 Å². The van der Waals surface area contributed by atoms with Crippen LogP contribution in [0.3, 0.4) is 0 Å². The lowest BCUT2D eigenvalue weighted by molar-refractivity contribution is -0.904. The van der Waals surface area contributed by atoms with Crippen molar-refractivity contribution >= 4 is 26.0 Å². The molecule has 0 saturated heterocycles. The number of benzene rings is 2. The van der Waals surface area contributed by atoms with E-state index in [0.29, 0.717) is 34.6 Å². The zero-order valence-electron chi connectivity index (χ0n) is 26.3. The van der Waals surface area contributed by atoms with Crippen molar-refractivity contribution in [2.75, 3.05) is 27.3 Å². The number of aryl methyl sites for hydroxylation is 1. The van der Waals surface area contributed by atoms with Gasteiger partial charge in [0.05, 0.1) is 36.6 Å². The maximum Gasteiger partial charge on any atom is 0.245 e. The Morgan fingerprint density at radius 2 is 1.59 bits per heavy atom. The van der Waals surface area contributed by atoms with Crippen molar-refractivity contribution in [3.63, 3.8) is 0 Å². The Hall–Kier alpha value is -3.96. The van der Waals surface area contributed by atoms with Crippen molar-refractivity contribution in [2.45, 2.75) is 49.7 Å². The van der Waals surface area contributed by atoms with Gasteiger partial charge >= 0.3 is 0 Å². The van der Waals surface area contributed by atoms with Crippen LogP contribution in [0.2, 0.25) is 0 Å². The van der Waals surface area contributed by atoms with Crippen molar-refractivity contribution in [1.82, 2.24) is 20.3 Å². The molecule has 0 aliphatic heterocycles. The summed E-state index contributed by atoms with van der Waals surface area (Å²) in [5.74, 6) is 1.00. The molecule has 2 aromatic carbocycles. The van der Waals surface area contributed by atoms with E-state index in [0.717, 1.165) is 11.3 Å². The van der Waals surface area contributed by atoms with Gasteiger partial charge in [-0.15, -0.1) is 5.10 Å². The molecule has 1 amide bonds. The number of furan rings is 1. The zero-order valence-corrected chi connectivity index (χ0v) is 27.9. The lowest BCUT2D eigenvalue weighted by Crippen LogP contribution is -2.40. The number of nitrogens with zero attached hydrogens (tertiary/aromatic N) is 4. The standard InChI is InChI=1S/C23H31FN6O4S.C7H8O3S/c1-16(2)22(23(31)26-13-18-7-8-19(34-18)15-30(3,4)12-11-24)29-14-21(27-28-29)17-5-9-20(10-6-17)35(25,32)33;1-6-2-4-7(5-3-6)11(8,9)10/h5-10,14,16,22H,11-13,15H2,1-4H3,(H2-,25,26,31,32,33);2-5H,1H3,(H,8,9,10).